The Labute approximate surface area is 85.7 Å². The summed E-state index contributed by atoms with van der Waals surface area (Å²) in [5, 5.41) is 2.96. The number of hydrogen-bond acceptors (Lipinski definition) is 2. The minimum Gasteiger partial charge on any atom is -0.351 e. The molecule has 0 aromatic carbocycles. The van der Waals surface area contributed by atoms with E-state index in [0.717, 1.165) is 12.8 Å². The molecule has 0 aliphatic heterocycles. The van der Waals surface area contributed by atoms with E-state index >= 15 is 0 Å². The van der Waals surface area contributed by atoms with Gasteiger partial charge in [-0.2, -0.15) is 0 Å². The Morgan fingerprint density at radius 3 is 2.36 bits per heavy atom. The molecule has 0 aromatic heterocycles. The lowest BCUT2D eigenvalue weighted by molar-refractivity contribution is -0.125. The van der Waals surface area contributed by atoms with Gasteiger partial charge >= 0.3 is 0 Å². The van der Waals surface area contributed by atoms with Gasteiger partial charge in [0.05, 0.1) is 6.04 Å². The van der Waals surface area contributed by atoms with Crippen molar-refractivity contribution in [3.8, 4) is 0 Å². The molecule has 0 spiro atoms. The van der Waals surface area contributed by atoms with Gasteiger partial charge in [-0.3, -0.25) is 4.79 Å². The fraction of sp³-hybridized carbons (Fsp3) is 0.727. The zero-order valence-electron chi connectivity index (χ0n) is 9.21. The van der Waals surface area contributed by atoms with Crippen LogP contribution in [0, 0.1) is 5.41 Å². The highest BCUT2D eigenvalue weighted by atomic mass is 16.2. The van der Waals surface area contributed by atoms with E-state index in [-0.39, 0.29) is 17.4 Å². The molecule has 3 heteroatoms. The van der Waals surface area contributed by atoms with Crippen molar-refractivity contribution in [2.24, 2.45) is 11.1 Å². The average Bonchev–Trinajstić information content (AvgIpc) is 2.53. The molecular weight excluding hydrogens is 176 g/mol. The third-order valence-corrected chi connectivity index (χ3v) is 2.57. The standard InChI is InChI=1S/C11H20N2O/c1-11(2,3)9(12)10(14)13-8-6-4-5-7-8/h4-5,8-9H,6-7,12H2,1-3H3,(H,13,14). The Morgan fingerprint density at radius 1 is 1.43 bits per heavy atom. The lowest BCUT2D eigenvalue weighted by Gasteiger charge is -2.27. The van der Waals surface area contributed by atoms with Crippen LogP contribution in [0.15, 0.2) is 12.2 Å². The summed E-state index contributed by atoms with van der Waals surface area (Å²) in [6, 6.07) is -0.168. The predicted octanol–water partition coefficient (Wildman–Crippen LogP) is 1.19. The van der Waals surface area contributed by atoms with Gasteiger partial charge in [0.1, 0.15) is 0 Å². The van der Waals surface area contributed by atoms with E-state index in [1.165, 1.54) is 0 Å². The van der Waals surface area contributed by atoms with E-state index in [1.54, 1.807) is 0 Å². The lowest BCUT2D eigenvalue weighted by Crippen LogP contribution is -2.50. The van der Waals surface area contributed by atoms with Crippen molar-refractivity contribution in [2.45, 2.75) is 45.7 Å². The number of amides is 1. The number of carbonyl (C=O) groups excluding carboxylic acids is 1. The summed E-state index contributed by atoms with van der Waals surface area (Å²) < 4.78 is 0. The van der Waals surface area contributed by atoms with E-state index in [4.69, 9.17) is 5.73 Å². The molecule has 0 radical (unpaired) electrons. The van der Waals surface area contributed by atoms with Crippen molar-refractivity contribution in [1.82, 2.24) is 5.32 Å². The maximum absolute atomic E-state index is 11.7. The Hall–Kier alpha value is -0.830. The molecule has 3 N–H and O–H groups in total. The molecule has 0 heterocycles. The molecule has 80 valence electrons. The summed E-state index contributed by atoms with van der Waals surface area (Å²) in [4.78, 5) is 11.7. The van der Waals surface area contributed by atoms with Gasteiger partial charge in [0, 0.05) is 6.04 Å². The SMILES string of the molecule is CC(C)(C)C(N)C(=O)NC1CC=CC1. The predicted molar refractivity (Wildman–Crippen MR) is 57.7 cm³/mol. The van der Waals surface area contributed by atoms with Gasteiger partial charge in [0.2, 0.25) is 5.91 Å². The second kappa shape index (κ2) is 4.13. The van der Waals surface area contributed by atoms with Crippen LogP contribution in [-0.4, -0.2) is 18.0 Å². The van der Waals surface area contributed by atoms with E-state index in [2.05, 4.69) is 17.5 Å². The molecule has 0 saturated carbocycles. The highest BCUT2D eigenvalue weighted by Crippen LogP contribution is 2.18. The molecular formula is C11H20N2O. The first kappa shape index (κ1) is 11.2. The van der Waals surface area contributed by atoms with E-state index < -0.39 is 6.04 Å². The monoisotopic (exact) mass is 196 g/mol. The summed E-state index contributed by atoms with van der Waals surface area (Å²) in [6.07, 6.45) is 6.05. The van der Waals surface area contributed by atoms with Crippen molar-refractivity contribution in [1.29, 1.82) is 0 Å². The lowest BCUT2D eigenvalue weighted by atomic mass is 9.87. The van der Waals surface area contributed by atoms with Crippen LogP contribution in [0.3, 0.4) is 0 Å². The quantitative estimate of drug-likeness (QED) is 0.652. The van der Waals surface area contributed by atoms with Gasteiger partial charge in [-0.05, 0) is 18.3 Å². The van der Waals surface area contributed by atoms with Gasteiger partial charge < -0.3 is 11.1 Å². The topological polar surface area (TPSA) is 55.1 Å². The van der Waals surface area contributed by atoms with Gasteiger partial charge in [-0.1, -0.05) is 32.9 Å². The van der Waals surface area contributed by atoms with Crippen LogP contribution >= 0.6 is 0 Å². The summed E-state index contributed by atoms with van der Waals surface area (Å²) in [7, 11) is 0. The number of rotatable bonds is 2. The first-order valence-corrected chi connectivity index (χ1v) is 5.12. The molecule has 1 rings (SSSR count). The molecule has 1 amide bonds. The zero-order chi connectivity index (χ0) is 10.8. The molecule has 1 aliphatic carbocycles. The fourth-order valence-corrected chi connectivity index (χ4v) is 1.42. The second-order valence-electron chi connectivity index (χ2n) is 4.99. The molecule has 14 heavy (non-hydrogen) atoms. The number of nitrogens with one attached hydrogen (secondary N) is 1. The third-order valence-electron chi connectivity index (χ3n) is 2.57. The third kappa shape index (κ3) is 2.84. The van der Waals surface area contributed by atoms with Crippen molar-refractivity contribution in [3.05, 3.63) is 12.2 Å². The maximum atomic E-state index is 11.7. The Bertz CT molecular complexity index is 232. The average molecular weight is 196 g/mol. The first-order chi connectivity index (χ1) is 6.41. The molecule has 1 aliphatic rings. The molecule has 0 fully saturated rings. The van der Waals surface area contributed by atoms with Crippen molar-refractivity contribution < 1.29 is 4.79 Å². The van der Waals surface area contributed by atoms with Crippen LogP contribution in [0.2, 0.25) is 0 Å². The van der Waals surface area contributed by atoms with Crippen molar-refractivity contribution in [3.63, 3.8) is 0 Å². The van der Waals surface area contributed by atoms with E-state index in [9.17, 15) is 4.79 Å². The molecule has 1 atom stereocenters. The van der Waals surface area contributed by atoms with Crippen LogP contribution in [0.25, 0.3) is 0 Å². The summed E-state index contributed by atoms with van der Waals surface area (Å²) in [5.74, 6) is -0.0359. The number of hydrogen-bond donors (Lipinski definition) is 2. The Kier molecular flexibility index (Phi) is 3.32. The molecule has 0 aromatic rings. The van der Waals surface area contributed by atoms with Gasteiger partial charge in [-0.25, -0.2) is 0 Å². The molecule has 0 saturated heterocycles. The molecule has 1 unspecified atom stereocenters. The molecule has 0 bridgehead atoms. The Balaban J connectivity index is 2.41. The summed E-state index contributed by atoms with van der Waals surface area (Å²) in [5.41, 5.74) is 5.67. The largest absolute Gasteiger partial charge is 0.351 e. The minimum atomic E-state index is -0.428. The van der Waals surface area contributed by atoms with Crippen LogP contribution in [0.1, 0.15) is 33.6 Å². The van der Waals surface area contributed by atoms with E-state index in [0.29, 0.717) is 0 Å². The summed E-state index contributed by atoms with van der Waals surface area (Å²) >= 11 is 0. The van der Waals surface area contributed by atoms with Crippen LogP contribution in [-0.2, 0) is 4.79 Å². The highest BCUT2D eigenvalue weighted by molar-refractivity contribution is 5.82. The van der Waals surface area contributed by atoms with Gasteiger partial charge in [0.15, 0.2) is 0 Å². The maximum Gasteiger partial charge on any atom is 0.237 e. The molecule has 3 nitrogen and oxygen atoms in total. The second-order valence-corrected chi connectivity index (χ2v) is 4.99. The first-order valence-electron chi connectivity index (χ1n) is 5.12. The van der Waals surface area contributed by atoms with Gasteiger partial charge in [0.25, 0.3) is 0 Å². The van der Waals surface area contributed by atoms with Gasteiger partial charge in [-0.15, -0.1) is 0 Å². The van der Waals surface area contributed by atoms with Crippen LogP contribution in [0.4, 0.5) is 0 Å². The minimum absolute atomic E-state index is 0.0359. The highest BCUT2D eigenvalue weighted by Gasteiger charge is 2.28. The summed E-state index contributed by atoms with van der Waals surface area (Å²) in [6.45, 7) is 5.93. The van der Waals surface area contributed by atoms with Crippen LogP contribution < -0.4 is 11.1 Å². The number of nitrogens with two attached hydrogens (primary N) is 1. The number of carbonyl (C=O) groups is 1. The normalized spacial score (nSPS) is 19.7. The smallest absolute Gasteiger partial charge is 0.237 e. The van der Waals surface area contributed by atoms with Crippen LogP contribution in [0.5, 0.6) is 0 Å². The fourth-order valence-electron chi connectivity index (χ4n) is 1.42. The van der Waals surface area contributed by atoms with E-state index in [1.807, 2.05) is 20.8 Å². The zero-order valence-corrected chi connectivity index (χ0v) is 9.21. The Morgan fingerprint density at radius 2 is 1.93 bits per heavy atom. The van der Waals surface area contributed by atoms with Crippen molar-refractivity contribution in [2.75, 3.05) is 0 Å². The van der Waals surface area contributed by atoms with Crippen molar-refractivity contribution >= 4 is 5.91 Å².